The van der Waals surface area contributed by atoms with E-state index in [4.69, 9.17) is 9.47 Å². The number of carbonyl (C=O) groups excluding carboxylic acids is 3. The summed E-state index contributed by atoms with van der Waals surface area (Å²) < 4.78 is 12.3. The molecule has 224 valence electrons. The molecule has 4 aliphatic heterocycles. The number of hydrogen-bond acceptors (Lipinski definition) is 7. The maximum Gasteiger partial charge on any atom is 0.248 e. The highest BCUT2D eigenvalue weighted by Gasteiger charge is 2.80. The van der Waals surface area contributed by atoms with Crippen molar-refractivity contribution in [3.05, 3.63) is 25.3 Å². The average Bonchev–Trinajstić information content (AvgIpc) is 3.45. The highest BCUT2D eigenvalue weighted by Crippen LogP contribution is 2.65. The number of amides is 3. The van der Waals surface area contributed by atoms with Crippen molar-refractivity contribution in [3.8, 4) is 0 Å². The highest BCUT2D eigenvalue weighted by molar-refractivity contribution is 5.99. The van der Waals surface area contributed by atoms with Gasteiger partial charge in [-0.25, -0.2) is 0 Å². The van der Waals surface area contributed by atoms with E-state index in [-0.39, 0.29) is 30.2 Å². The second kappa shape index (κ2) is 12.7. The van der Waals surface area contributed by atoms with Crippen LogP contribution in [0, 0.1) is 17.8 Å². The molecule has 4 fully saturated rings. The van der Waals surface area contributed by atoms with Crippen molar-refractivity contribution in [2.24, 2.45) is 17.8 Å². The van der Waals surface area contributed by atoms with Crippen molar-refractivity contribution >= 4 is 17.7 Å². The zero-order chi connectivity index (χ0) is 29.1. The Labute approximate surface area is 238 Å². The van der Waals surface area contributed by atoms with Crippen LogP contribution in [0.2, 0.25) is 0 Å². The Bertz CT molecular complexity index is 970. The fourth-order valence-electron chi connectivity index (χ4n) is 7.43. The number of hydrogen-bond donors (Lipinski definition) is 1. The lowest BCUT2D eigenvalue weighted by Crippen LogP contribution is -2.57. The summed E-state index contributed by atoms with van der Waals surface area (Å²) in [6, 6.07) is -0.810. The quantitative estimate of drug-likeness (QED) is 0.251. The number of nitrogens with zero attached hydrogens (tertiary/aromatic N) is 4. The molecule has 3 amide bonds. The SMILES string of the molecule is C=CCN(C)C(=O)[C@@H]1[C@H]2C(=O)N(CCCCCO)C(C(=O)N(CC=C)CCN3CCOCC3)C23CC(C)[C@@]1(C)O3. The van der Waals surface area contributed by atoms with E-state index in [1.807, 2.05) is 6.92 Å². The van der Waals surface area contributed by atoms with E-state index in [1.165, 1.54) is 0 Å². The third kappa shape index (κ3) is 5.35. The van der Waals surface area contributed by atoms with Crippen molar-refractivity contribution < 1.29 is 29.0 Å². The number of aliphatic hydroxyl groups is 1. The molecule has 4 rings (SSSR count). The van der Waals surface area contributed by atoms with Gasteiger partial charge in [-0.2, -0.15) is 0 Å². The maximum atomic E-state index is 14.5. The van der Waals surface area contributed by atoms with Crippen LogP contribution in [0.1, 0.15) is 39.5 Å². The lowest BCUT2D eigenvalue weighted by Gasteiger charge is -2.38. The Morgan fingerprint density at radius 1 is 1.10 bits per heavy atom. The summed E-state index contributed by atoms with van der Waals surface area (Å²) >= 11 is 0. The molecule has 40 heavy (non-hydrogen) atoms. The first kappa shape index (κ1) is 30.7. The zero-order valence-electron chi connectivity index (χ0n) is 24.6. The van der Waals surface area contributed by atoms with Crippen LogP contribution in [0.3, 0.4) is 0 Å². The van der Waals surface area contributed by atoms with Crippen LogP contribution in [0.15, 0.2) is 25.3 Å². The number of rotatable bonds is 14. The lowest BCUT2D eigenvalue weighted by molar-refractivity contribution is -0.154. The molecule has 0 radical (unpaired) electrons. The monoisotopic (exact) mass is 560 g/mol. The van der Waals surface area contributed by atoms with Crippen LogP contribution in [0.5, 0.6) is 0 Å². The molecule has 4 heterocycles. The van der Waals surface area contributed by atoms with Crippen LogP contribution in [-0.2, 0) is 23.9 Å². The van der Waals surface area contributed by atoms with Crippen LogP contribution in [0.4, 0.5) is 0 Å². The predicted octanol–water partition coefficient (Wildman–Crippen LogP) is 1.15. The summed E-state index contributed by atoms with van der Waals surface area (Å²) in [5.41, 5.74) is -1.90. The Kier molecular flexibility index (Phi) is 9.75. The molecule has 4 saturated heterocycles. The van der Waals surface area contributed by atoms with Gasteiger partial charge in [0.05, 0.1) is 30.7 Å². The molecule has 4 aliphatic rings. The standard InChI is InChI=1S/C30H48N4O6/c1-6-11-31(5)26(36)23-24-27(37)34(13-9-8-10-18-35)25(30(24)21-22(3)29(23,4)40-30)28(38)33(12-7-2)15-14-32-16-19-39-20-17-32/h6-7,22-25,35H,1-2,8-21H2,3-5H3/t22?,23-,24-,25?,29+,30?/m0/s1. The second-order valence-corrected chi connectivity index (χ2v) is 12.1. The third-order valence-electron chi connectivity index (χ3n) is 9.60. The van der Waals surface area contributed by atoms with Gasteiger partial charge in [0.15, 0.2) is 0 Å². The number of unbranched alkanes of at least 4 members (excludes halogenated alkanes) is 2. The van der Waals surface area contributed by atoms with Gasteiger partial charge in [-0.05, 0) is 38.5 Å². The number of likely N-dealkylation sites (N-methyl/N-ethyl adjacent to an activating group) is 1. The zero-order valence-corrected chi connectivity index (χ0v) is 24.6. The fraction of sp³-hybridized carbons (Fsp3) is 0.767. The minimum Gasteiger partial charge on any atom is -0.396 e. The predicted molar refractivity (Wildman–Crippen MR) is 151 cm³/mol. The number of morpholine rings is 1. The van der Waals surface area contributed by atoms with Crippen LogP contribution < -0.4 is 0 Å². The summed E-state index contributed by atoms with van der Waals surface area (Å²) in [5, 5.41) is 9.28. The smallest absolute Gasteiger partial charge is 0.248 e. The first-order valence-electron chi connectivity index (χ1n) is 14.8. The van der Waals surface area contributed by atoms with E-state index in [1.54, 1.807) is 33.9 Å². The van der Waals surface area contributed by atoms with Crippen molar-refractivity contribution in [1.29, 1.82) is 0 Å². The van der Waals surface area contributed by atoms with Gasteiger partial charge in [0.1, 0.15) is 11.6 Å². The number of carbonyl (C=O) groups is 3. The van der Waals surface area contributed by atoms with Gasteiger partial charge in [0, 0.05) is 59.5 Å². The normalized spacial score (nSPS) is 33.2. The van der Waals surface area contributed by atoms with E-state index >= 15 is 0 Å². The summed E-state index contributed by atoms with van der Waals surface area (Å²) in [6.07, 6.45) is 5.98. The van der Waals surface area contributed by atoms with Crippen LogP contribution >= 0.6 is 0 Å². The number of aliphatic hydroxyl groups excluding tert-OH is 1. The third-order valence-corrected chi connectivity index (χ3v) is 9.60. The van der Waals surface area contributed by atoms with Gasteiger partial charge in [-0.3, -0.25) is 19.3 Å². The first-order chi connectivity index (χ1) is 19.2. The Hall–Kier alpha value is -2.27. The van der Waals surface area contributed by atoms with Gasteiger partial charge in [-0.1, -0.05) is 19.1 Å². The van der Waals surface area contributed by atoms with Gasteiger partial charge >= 0.3 is 0 Å². The van der Waals surface area contributed by atoms with Gasteiger partial charge < -0.3 is 29.3 Å². The molecule has 10 heteroatoms. The van der Waals surface area contributed by atoms with Gasteiger partial charge in [-0.15, -0.1) is 13.2 Å². The summed E-state index contributed by atoms with van der Waals surface area (Å²) in [7, 11) is 1.73. The molecule has 6 atom stereocenters. The molecule has 0 aromatic carbocycles. The minimum absolute atomic E-state index is 0.00604. The summed E-state index contributed by atoms with van der Waals surface area (Å²) in [5.74, 6) is -1.85. The molecule has 0 aromatic rings. The molecule has 1 N–H and O–H groups in total. The second-order valence-electron chi connectivity index (χ2n) is 12.1. The number of likely N-dealkylation sites (tertiary alicyclic amines) is 1. The molecule has 2 bridgehead atoms. The lowest BCUT2D eigenvalue weighted by atomic mass is 9.62. The molecule has 0 aromatic heterocycles. The first-order valence-corrected chi connectivity index (χ1v) is 14.8. The summed E-state index contributed by atoms with van der Waals surface area (Å²) in [4.78, 5) is 50.0. The Balaban J connectivity index is 1.68. The van der Waals surface area contributed by atoms with Gasteiger partial charge in [0.2, 0.25) is 17.7 Å². The van der Waals surface area contributed by atoms with E-state index in [0.717, 1.165) is 19.5 Å². The van der Waals surface area contributed by atoms with E-state index < -0.39 is 29.1 Å². The highest BCUT2D eigenvalue weighted by atomic mass is 16.5. The largest absolute Gasteiger partial charge is 0.396 e. The number of fused-ring (bicyclic) bond motifs is 1. The minimum atomic E-state index is -1.06. The van der Waals surface area contributed by atoms with Gasteiger partial charge in [0.25, 0.3) is 0 Å². The average molecular weight is 561 g/mol. The molecule has 3 unspecified atom stereocenters. The Morgan fingerprint density at radius 2 is 1.80 bits per heavy atom. The van der Waals surface area contributed by atoms with E-state index in [0.29, 0.717) is 65.2 Å². The van der Waals surface area contributed by atoms with Crippen LogP contribution in [0.25, 0.3) is 0 Å². The topological polar surface area (TPSA) is 103 Å². The maximum absolute atomic E-state index is 14.5. The molecule has 0 saturated carbocycles. The van der Waals surface area contributed by atoms with Crippen molar-refractivity contribution in [1.82, 2.24) is 19.6 Å². The van der Waals surface area contributed by atoms with E-state index in [2.05, 4.69) is 25.0 Å². The van der Waals surface area contributed by atoms with Crippen LogP contribution in [-0.4, -0.2) is 132 Å². The molecular formula is C30H48N4O6. The molecule has 1 spiro atoms. The van der Waals surface area contributed by atoms with Crippen molar-refractivity contribution in [3.63, 3.8) is 0 Å². The van der Waals surface area contributed by atoms with Crippen molar-refractivity contribution in [2.75, 3.05) is 72.7 Å². The summed E-state index contributed by atoms with van der Waals surface area (Å²) in [6.45, 7) is 17.1. The Morgan fingerprint density at radius 3 is 2.45 bits per heavy atom. The molecule has 0 aliphatic carbocycles. The molecule has 10 nitrogen and oxygen atoms in total. The number of ether oxygens (including phenoxy) is 2. The fourth-order valence-corrected chi connectivity index (χ4v) is 7.43. The molecular weight excluding hydrogens is 512 g/mol. The van der Waals surface area contributed by atoms with E-state index in [9.17, 15) is 19.5 Å². The van der Waals surface area contributed by atoms with Crippen molar-refractivity contribution in [2.45, 2.75) is 56.8 Å².